The van der Waals surface area contributed by atoms with Crippen LogP contribution in [0.4, 0.5) is 5.69 Å². The molecule has 16 heavy (non-hydrogen) atoms. The van der Waals surface area contributed by atoms with Crippen molar-refractivity contribution in [1.29, 1.82) is 0 Å². The Labute approximate surface area is 102 Å². The molecule has 0 aliphatic rings. The Morgan fingerprint density at radius 2 is 1.94 bits per heavy atom. The summed E-state index contributed by atoms with van der Waals surface area (Å²) in [6, 6.07) is 8.16. The zero-order valence-electron chi connectivity index (χ0n) is 9.99. The van der Waals surface area contributed by atoms with Crippen molar-refractivity contribution in [3.63, 3.8) is 0 Å². The third-order valence-electron chi connectivity index (χ3n) is 2.24. The number of benzene rings is 1. The van der Waals surface area contributed by atoms with Gasteiger partial charge in [0.15, 0.2) is 0 Å². The van der Waals surface area contributed by atoms with Gasteiger partial charge in [-0.2, -0.15) is 0 Å². The molecule has 0 aliphatic carbocycles. The standard InChI is InChI=1S/C12H18N2OS/c1-14(2)11-6-4-10(5-7-11)12(16)13-8-9-15-3/h4-7H,8-9H2,1-3H3,(H,13,16). The van der Waals surface area contributed by atoms with Gasteiger partial charge in [-0.15, -0.1) is 0 Å². The monoisotopic (exact) mass is 238 g/mol. The van der Waals surface area contributed by atoms with Crippen LogP contribution in [-0.2, 0) is 4.74 Å². The summed E-state index contributed by atoms with van der Waals surface area (Å²) in [5.74, 6) is 0. The van der Waals surface area contributed by atoms with E-state index in [1.807, 2.05) is 26.2 Å². The lowest BCUT2D eigenvalue weighted by molar-refractivity contribution is 0.204. The Kier molecular flexibility index (Phi) is 5.22. The molecule has 1 N–H and O–H groups in total. The molecule has 0 radical (unpaired) electrons. The molecule has 0 amide bonds. The van der Waals surface area contributed by atoms with Gasteiger partial charge >= 0.3 is 0 Å². The van der Waals surface area contributed by atoms with E-state index < -0.39 is 0 Å². The van der Waals surface area contributed by atoms with E-state index in [0.717, 1.165) is 17.1 Å². The Morgan fingerprint density at radius 1 is 1.31 bits per heavy atom. The maximum Gasteiger partial charge on any atom is 0.106 e. The highest BCUT2D eigenvalue weighted by Crippen LogP contribution is 2.12. The smallest absolute Gasteiger partial charge is 0.106 e. The summed E-state index contributed by atoms with van der Waals surface area (Å²) < 4.78 is 4.95. The van der Waals surface area contributed by atoms with Crippen molar-refractivity contribution >= 4 is 22.9 Å². The molecular weight excluding hydrogens is 220 g/mol. The molecule has 0 unspecified atom stereocenters. The predicted molar refractivity (Wildman–Crippen MR) is 72.3 cm³/mol. The lowest BCUT2D eigenvalue weighted by Gasteiger charge is -2.13. The van der Waals surface area contributed by atoms with Crippen LogP contribution in [0.3, 0.4) is 0 Å². The summed E-state index contributed by atoms with van der Waals surface area (Å²) in [7, 11) is 5.71. The van der Waals surface area contributed by atoms with E-state index in [4.69, 9.17) is 17.0 Å². The number of hydrogen-bond donors (Lipinski definition) is 1. The van der Waals surface area contributed by atoms with Crippen LogP contribution < -0.4 is 10.2 Å². The van der Waals surface area contributed by atoms with E-state index in [9.17, 15) is 0 Å². The lowest BCUT2D eigenvalue weighted by Crippen LogP contribution is -2.26. The topological polar surface area (TPSA) is 24.5 Å². The van der Waals surface area contributed by atoms with Gasteiger partial charge in [-0.05, 0) is 24.3 Å². The number of nitrogens with zero attached hydrogens (tertiary/aromatic N) is 1. The van der Waals surface area contributed by atoms with Crippen LogP contribution in [0.1, 0.15) is 5.56 Å². The molecule has 1 aromatic carbocycles. The molecule has 0 saturated heterocycles. The summed E-state index contributed by atoms with van der Waals surface area (Å²) >= 11 is 5.26. The quantitative estimate of drug-likeness (QED) is 0.623. The van der Waals surface area contributed by atoms with Gasteiger partial charge in [0, 0.05) is 39.0 Å². The first-order valence-corrected chi connectivity index (χ1v) is 5.60. The number of nitrogens with one attached hydrogen (secondary N) is 1. The highest BCUT2D eigenvalue weighted by Gasteiger charge is 2.01. The molecule has 3 nitrogen and oxygen atoms in total. The van der Waals surface area contributed by atoms with E-state index in [1.165, 1.54) is 5.69 Å². The molecule has 0 heterocycles. The first-order chi connectivity index (χ1) is 7.65. The summed E-state index contributed by atoms with van der Waals surface area (Å²) in [5, 5.41) is 3.14. The van der Waals surface area contributed by atoms with Gasteiger partial charge < -0.3 is 15.0 Å². The zero-order valence-corrected chi connectivity index (χ0v) is 10.8. The van der Waals surface area contributed by atoms with Crippen LogP contribution in [0.2, 0.25) is 0 Å². The molecule has 1 aromatic rings. The summed E-state index contributed by atoms with van der Waals surface area (Å²) in [5.41, 5.74) is 2.21. The Balaban J connectivity index is 2.56. The molecule has 0 saturated carbocycles. The van der Waals surface area contributed by atoms with E-state index in [-0.39, 0.29) is 0 Å². The third-order valence-corrected chi connectivity index (χ3v) is 2.62. The largest absolute Gasteiger partial charge is 0.383 e. The number of rotatable bonds is 5. The van der Waals surface area contributed by atoms with Crippen molar-refractivity contribution < 1.29 is 4.74 Å². The van der Waals surface area contributed by atoms with Crippen LogP contribution in [0.5, 0.6) is 0 Å². The minimum absolute atomic E-state index is 0.663. The number of ether oxygens (including phenoxy) is 1. The molecule has 0 spiro atoms. The van der Waals surface area contributed by atoms with Crippen molar-refractivity contribution in [3.8, 4) is 0 Å². The van der Waals surface area contributed by atoms with Crippen molar-refractivity contribution in [1.82, 2.24) is 5.32 Å². The first-order valence-electron chi connectivity index (χ1n) is 5.19. The van der Waals surface area contributed by atoms with Gasteiger partial charge in [0.2, 0.25) is 0 Å². The molecule has 0 fully saturated rings. The highest BCUT2D eigenvalue weighted by atomic mass is 32.1. The second kappa shape index (κ2) is 6.45. The van der Waals surface area contributed by atoms with Crippen molar-refractivity contribution in [2.24, 2.45) is 0 Å². The number of thiocarbonyl (C=S) groups is 1. The second-order valence-corrected chi connectivity index (χ2v) is 4.10. The van der Waals surface area contributed by atoms with Crippen LogP contribution in [0.25, 0.3) is 0 Å². The average molecular weight is 238 g/mol. The minimum atomic E-state index is 0.663. The van der Waals surface area contributed by atoms with Gasteiger partial charge in [0.05, 0.1) is 6.61 Å². The van der Waals surface area contributed by atoms with Crippen molar-refractivity contribution in [3.05, 3.63) is 29.8 Å². The highest BCUT2D eigenvalue weighted by molar-refractivity contribution is 7.80. The van der Waals surface area contributed by atoms with Crippen molar-refractivity contribution in [2.75, 3.05) is 39.3 Å². The number of hydrogen-bond acceptors (Lipinski definition) is 3. The Morgan fingerprint density at radius 3 is 2.44 bits per heavy atom. The minimum Gasteiger partial charge on any atom is -0.383 e. The molecule has 4 heteroatoms. The fraction of sp³-hybridized carbons (Fsp3) is 0.417. The van der Waals surface area contributed by atoms with Crippen LogP contribution in [0.15, 0.2) is 24.3 Å². The SMILES string of the molecule is COCCNC(=S)c1ccc(N(C)C)cc1. The van der Waals surface area contributed by atoms with E-state index >= 15 is 0 Å². The molecule has 0 bridgehead atoms. The van der Waals surface area contributed by atoms with E-state index in [2.05, 4.69) is 22.3 Å². The van der Waals surface area contributed by atoms with Gasteiger partial charge in [-0.3, -0.25) is 0 Å². The summed E-state index contributed by atoms with van der Waals surface area (Å²) in [6.45, 7) is 1.40. The fourth-order valence-electron chi connectivity index (χ4n) is 1.28. The van der Waals surface area contributed by atoms with Crippen molar-refractivity contribution in [2.45, 2.75) is 0 Å². The second-order valence-electron chi connectivity index (χ2n) is 3.69. The summed E-state index contributed by atoms with van der Waals surface area (Å²) in [4.78, 5) is 2.83. The molecule has 88 valence electrons. The van der Waals surface area contributed by atoms with E-state index in [0.29, 0.717) is 6.61 Å². The van der Waals surface area contributed by atoms with E-state index in [1.54, 1.807) is 7.11 Å². The molecule has 1 rings (SSSR count). The van der Waals surface area contributed by atoms with Crippen LogP contribution >= 0.6 is 12.2 Å². The average Bonchev–Trinajstić information content (AvgIpc) is 2.29. The van der Waals surface area contributed by atoms with Gasteiger partial charge in [-0.25, -0.2) is 0 Å². The Hall–Kier alpha value is -1.13. The molecule has 0 atom stereocenters. The normalized spacial score (nSPS) is 9.94. The number of anilines is 1. The molecule has 0 aromatic heterocycles. The first kappa shape index (κ1) is 12.9. The van der Waals surface area contributed by atoms with Crippen LogP contribution in [0, 0.1) is 0 Å². The van der Waals surface area contributed by atoms with Gasteiger partial charge in [-0.1, -0.05) is 12.2 Å². The predicted octanol–water partition coefficient (Wildman–Crippen LogP) is 1.66. The number of methoxy groups -OCH3 is 1. The maximum absolute atomic E-state index is 5.26. The van der Waals surface area contributed by atoms with Crippen LogP contribution in [-0.4, -0.2) is 39.3 Å². The molecular formula is C12H18N2OS. The zero-order chi connectivity index (χ0) is 12.0. The summed E-state index contributed by atoms with van der Waals surface area (Å²) in [6.07, 6.45) is 0. The van der Waals surface area contributed by atoms with Gasteiger partial charge in [0.1, 0.15) is 4.99 Å². The third kappa shape index (κ3) is 3.79. The lowest BCUT2D eigenvalue weighted by atomic mass is 10.2. The Bertz CT molecular complexity index is 335. The van der Waals surface area contributed by atoms with Gasteiger partial charge in [0.25, 0.3) is 0 Å². The fourth-order valence-corrected chi connectivity index (χ4v) is 1.52. The maximum atomic E-state index is 5.26. The molecule has 0 aliphatic heterocycles.